The number of piperidine rings is 1. The van der Waals surface area contributed by atoms with Crippen LogP contribution in [-0.4, -0.2) is 112 Å². The second-order valence-corrected chi connectivity index (χ2v) is 14.1. The van der Waals surface area contributed by atoms with E-state index in [-0.39, 0.29) is 23.9 Å². The van der Waals surface area contributed by atoms with Crippen LogP contribution in [0.25, 0.3) is 11.0 Å². The number of aromatic nitrogens is 2. The van der Waals surface area contributed by atoms with Crippen LogP contribution in [0.4, 0.5) is 15.3 Å². The number of hydrogen-bond donors (Lipinski definition) is 2. The molecule has 2 atom stereocenters. The number of benzene rings is 2. The van der Waals surface area contributed by atoms with Gasteiger partial charge in [-0.25, -0.2) is 14.6 Å². The molecule has 11 nitrogen and oxygen atoms in total. The highest BCUT2D eigenvalue weighted by Gasteiger charge is 2.39. The lowest BCUT2D eigenvalue weighted by atomic mass is 9.92. The van der Waals surface area contributed by atoms with Gasteiger partial charge in [0.15, 0.2) is 6.10 Å². The molecule has 1 unspecified atom stereocenters. The Balaban J connectivity index is 1.02. The highest BCUT2D eigenvalue weighted by atomic mass is 16.6. The Morgan fingerprint density at radius 2 is 1.65 bits per heavy atom. The summed E-state index contributed by atoms with van der Waals surface area (Å²) >= 11 is 0. The number of likely N-dealkylation sites (tertiary alicyclic amines) is 1. The number of imidazole rings is 1. The van der Waals surface area contributed by atoms with Gasteiger partial charge in [0, 0.05) is 69.5 Å². The number of rotatable bonds is 6. The number of ether oxygens (including phenoxy) is 1. The number of carbonyl (C=O) groups excluding carboxylic acids is 3. The normalized spacial score (nSPS) is 21.4. The van der Waals surface area contributed by atoms with E-state index in [1.165, 1.54) is 32.1 Å². The molecule has 1 aliphatic carbocycles. The van der Waals surface area contributed by atoms with Gasteiger partial charge in [0.05, 0.1) is 17.4 Å². The van der Waals surface area contributed by atoms with Gasteiger partial charge in [0.1, 0.15) is 0 Å². The second kappa shape index (κ2) is 14.2. The molecule has 256 valence electrons. The van der Waals surface area contributed by atoms with Gasteiger partial charge in [-0.15, -0.1) is 0 Å². The van der Waals surface area contributed by atoms with Crippen LogP contribution < -0.4 is 5.32 Å². The van der Waals surface area contributed by atoms with Gasteiger partial charge in [-0.05, 0) is 67.9 Å². The van der Waals surface area contributed by atoms with E-state index < -0.39 is 12.2 Å². The summed E-state index contributed by atoms with van der Waals surface area (Å²) in [5.74, 6) is -0.493. The smallest absolute Gasteiger partial charge is 0.410 e. The summed E-state index contributed by atoms with van der Waals surface area (Å²) < 4.78 is 6.22. The summed E-state index contributed by atoms with van der Waals surface area (Å²) in [7, 11) is 0. The number of nitrogens with zero attached hydrogens (tertiary/aromatic N) is 5. The number of urea groups is 1. The van der Waals surface area contributed by atoms with Crippen LogP contribution in [0.2, 0.25) is 0 Å². The van der Waals surface area contributed by atoms with Crippen molar-refractivity contribution in [3.63, 3.8) is 0 Å². The lowest BCUT2D eigenvalue weighted by Gasteiger charge is -2.42. The van der Waals surface area contributed by atoms with Crippen molar-refractivity contribution < 1.29 is 19.1 Å². The molecule has 2 saturated heterocycles. The van der Waals surface area contributed by atoms with Crippen LogP contribution >= 0.6 is 0 Å². The molecule has 2 aromatic carbocycles. The fraction of sp³-hybridized carbons (Fsp3) is 0.568. The van der Waals surface area contributed by atoms with Crippen LogP contribution in [0.5, 0.6) is 0 Å². The predicted molar refractivity (Wildman–Crippen MR) is 185 cm³/mol. The first kappa shape index (κ1) is 32.4. The van der Waals surface area contributed by atoms with Crippen molar-refractivity contribution in [2.45, 2.75) is 89.3 Å². The number of hydrogen-bond acceptors (Lipinski definition) is 6. The third-order valence-electron chi connectivity index (χ3n) is 11.2. The summed E-state index contributed by atoms with van der Waals surface area (Å²) in [5, 5.41) is 3.07. The number of piperazine rings is 1. The van der Waals surface area contributed by atoms with Crippen LogP contribution in [0.3, 0.4) is 0 Å². The molecule has 3 fully saturated rings. The van der Waals surface area contributed by atoms with E-state index in [1.54, 1.807) is 11.2 Å². The second-order valence-electron chi connectivity index (χ2n) is 14.1. The van der Waals surface area contributed by atoms with Gasteiger partial charge in [-0.2, -0.15) is 0 Å². The first-order valence-corrected chi connectivity index (χ1v) is 17.9. The topological polar surface area (TPSA) is 114 Å². The average Bonchev–Trinajstić information content (AvgIpc) is 3.54. The van der Waals surface area contributed by atoms with Crippen molar-refractivity contribution >= 4 is 34.8 Å². The minimum atomic E-state index is -0.956. The van der Waals surface area contributed by atoms with Crippen molar-refractivity contribution in [1.29, 1.82) is 0 Å². The monoisotopic (exact) mass is 655 g/mol. The van der Waals surface area contributed by atoms with E-state index in [4.69, 9.17) is 4.74 Å². The molecule has 4 amide bonds. The van der Waals surface area contributed by atoms with E-state index in [9.17, 15) is 14.4 Å². The van der Waals surface area contributed by atoms with E-state index in [0.717, 1.165) is 52.9 Å². The quantitative estimate of drug-likeness (QED) is 0.362. The number of amides is 4. The number of anilines is 1. The van der Waals surface area contributed by atoms with Crippen LogP contribution in [0.1, 0.15) is 74.5 Å². The highest BCUT2D eigenvalue weighted by Crippen LogP contribution is 2.31. The molecule has 0 radical (unpaired) electrons. The van der Waals surface area contributed by atoms with E-state index in [2.05, 4.69) is 32.3 Å². The average molecular weight is 656 g/mol. The Bertz CT molecular complexity index is 1620. The Hall–Kier alpha value is -4.12. The van der Waals surface area contributed by atoms with Gasteiger partial charge in [0.2, 0.25) is 0 Å². The molecule has 0 spiro atoms. The van der Waals surface area contributed by atoms with Gasteiger partial charge < -0.3 is 29.7 Å². The van der Waals surface area contributed by atoms with E-state index in [1.807, 2.05) is 47.9 Å². The molecule has 0 bridgehead atoms. The van der Waals surface area contributed by atoms with Gasteiger partial charge >= 0.3 is 12.1 Å². The number of carbonyl (C=O) groups is 3. The lowest BCUT2D eigenvalue weighted by molar-refractivity contribution is -0.144. The van der Waals surface area contributed by atoms with Gasteiger partial charge in [-0.3, -0.25) is 9.69 Å². The maximum absolute atomic E-state index is 14.3. The Morgan fingerprint density at radius 3 is 2.42 bits per heavy atom. The zero-order valence-electron chi connectivity index (χ0n) is 28.3. The fourth-order valence-corrected chi connectivity index (χ4v) is 8.27. The van der Waals surface area contributed by atoms with E-state index in [0.29, 0.717) is 51.6 Å². The minimum absolute atomic E-state index is 0.0312. The molecule has 1 aromatic heterocycles. The van der Waals surface area contributed by atoms with Gasteiger partial charge in [-0.1, -0.05) is 50.5 Å². The van der Waals surface area contributed by atoms with Crippen LogP contribution in [0.15, 0.2) is 42.7 Å². The number of aryl methyl sites for hydroxylation is 1. The summed E-state index contributed by atoms with van der Waals surface area (Å²) in [5.41, 5.74) is 5.76. The number of para-hydroxylation sites is 1. The molecule has 11 heteroatoms. The predicted octanol–water partition coefficient (Wildman–Crippen LogP) is 5.51. The maximum atomic E-state index is 14.3. The number of aromatic amines is 1. The van der Waals surface area contributed by atoms with Crippen molar-refractivity contribution in [2.75, 3.05) is 51.1 Å². The third kappa shape index (κ3) is 6.74. The maximum Gasteiger partial charge on any atom is 0.410 e. The lowest BCUT2D eigenvalue weighted by Crippen LogP contribution is -2.56. The van der Waals surface area contributed by atoms with Crippen LogP contribution in [0, 0.1) is 6.92 Å². The zero-order valence-corrected chi connectivity index (χ0v) is 28.3. The van der Waals surface area contributed by atoms with Crippen molar-refractivity contribution in [3.05, 3.63) is 59.4 Å². The number of H-pyrrole nitrogens is 1. The molecule has 2 N–H and O–H groups in total. The number of fused-ring (bicyclic) bond motifs is 2. The largest absolute Gasteiger partial charge is 0.435 e. The van der Waals surface area contributed by atoms with Crippen molar-refractivity contribution in [2.24, 2.45) is 0 Å². The molecular formula is C37H49N7O4. The first-order valence-electron chi connectivity index (χ1n) is 17.9. The Labute approximate surface area is 283 Å². The first-order chi connectivity index (χ1) is 23.4. The highest BCUT2D eigenvalue weighted by molar-refractivity contribution is 5.91. The minimum Gasteiger partial charge on any atom is -0.435 e. The molecular weight excluding hydrogens is 606 g/mol. The molecule has 4 aliphatic rings. The van der Waals surface area contributed by atoms with Crippen molar-refractivity contribution in [1.82, 2.24) is 29.6 Å². The standard InChI is InChI=1S/C37H49N7O4/c1-25-22-28(23-32-33(25)39-24-38-32)26(2)34(35(45)42-20-18-41(19-21-42)29-9-4-3-5-10-29)48-37(47)43-15-13-30(14-16-43)44-17-12-27-8-6-7-11-31(27)40-36(44)46/h6-8,11,22-24,26,29-30,34H,3-5,9-10,12-21H2,1-2H3,(H,38,39)(H,40,46)/t26-,34?/m1/s1. The van der Waals surface area contributed by atoms with E-state index >= 15 is 0 Å². The summed E-state index contributed by atoms with van der Waals surface area (Å²) in [6.07, 6.45) is 8.74. The zero-order chi connectivity index (χ0) is 33.2. The molecule has 4 heterocycles. The van der Waals surface area contributed by atoms with Crippen LogP contribution in [-0.2, 0) is 16.0 Å². The van der Waals surface area contributed by atoms with Gasteiger partial charge in [0.25, 0.3) is 5.91 Å². The summed E-state index contributed by atoms with van der Waals surface area (Å²) in [6, 6.07) is 12.6. The Morgan fingerprint density at radius 1 is 0.896 bits per heavy atom. The molecule has 3 aliphatic heterocycles. The fourth-order valence-electron chi connectivity index (χ4n) is 8.27. The third-order valence-corrected chi connectivity index (χ3v) is 11.2. The molecule has 7 rings (SSSR count). The molecule has 3 aromatic rings. The summed E-state index contributed by atoms with van der Waals surface area (Å²) in [6.45, 7) is 8.56. The SMILES string of the molecule is Cc1cc([C@@H](C)C(OC(=O)N2CCC(N3CCc4ccccc4NC3=O)CC2)C(=O)N2CCN(C3CCCCC3)CC2)cc2nc[nH]c12. The Kier molecular flexibility index (Phi) is 9.57. The summed E-state index contributed by atoms with van der Waals surface area (Å²) in [4.78, 5) is 56.9. The number of nitrogens with one attached hydrogen (secondary N) is 2. The molecule has 1 saturated carbocycles. The molecule has 48 heavy (non-hydrogen) atoms. The van der Waals surface area contributed by atoms with Crippen molar-refractivity contribution in [3.8, 4) is 0 Å².